The number of hydrogen-bond acceptors (Lipinski definition) is 4. The minimum absolute atomic E-state index is 0.114. The topological polar surface area (TPSA) is 99.4 Å². The fourth-order valence-electron chi connectivity index (χ4n) is 2.32. The number of nitrogens with zero attached hydrogens (tertiary/aromatic N) is 1. The van der Waals surface area contributed by atoms with Crippen molar-refractivity contribution >= 4 is 12.1 Å². The molecule has 0 unspecified atom stereocenters. The third-order valence-electron chi connectivity index (χ3n) is 3.52. The summed E-state index contributed by atoms with van der Waals surface area (Å²) in [6.45, 7) is 0.114. The molecule has 6 heteroatoms. The van der Waals surface area contributed by atoms with Crippen molar-refractivity contribution in [3.8, 4) is 6.07 Å². The SMILES string of the molecule is N#Cc1ccc(C[C@@H](CC(=O)O)NC(=O)OCc2ccccc2)cc1. The van der Waals surface area contributed by atoms with Crippen LogP contribution in [0.15, 0.2) is 54.6 Å². The summed E-state index contributed by atoms with van der Waals surface area (Å²) in [7, 11) is 0. The molecule has 2 aromatic carbocycles. The highest BCUT2D eigenvalue weighted by Gasteiger charge is 2.17. The van der Waals surface area contributed by atoms with Gasteiger partial charge in [-0.25, -0.2) is 4.79 Å². The maximum atomic E-state index is 11.9. The van der Waals surface area contributed by atoms with E-state index in [1.54, 1.807) is 24.3 Å². The van der Waals surface area contributed by atoms with Crippen molar-refractivity contribution in [1.29, 1.82) is 5.26 Å². The van der Waals surface area contributed by atoms with E-state index in [-0.39, 0.29) is 13.0 Å². The number of carbonyl (C=O) groups is 2. The normalized spacial score (nSPS) is 11.2. The van der Waals surface area contributed by atoms with Crippen LogP contribution in [0.1, 0.15) is 23.1 Å². The van der Waals surface area contributed by atoms with Gasteiger partial charge in [-0.15, -0.1) is 0 Å². The second kappa shape index (κ2) is 9.08. The third kappa shape index (κ3) is 6.36. The maximum Gasteiger partial charge on any atom is 0.407 e. The quantitative estimate of drug-likeness (QED) is 0.808. The molecule has 25 heavy (non-hydrogen) atoms. The van der Waals surface area contributed by atoms with Gasteiger partial charge in [-0.1, -0.05) is 42.5 Å². The van der Waals surface area contributed by atoms with Gasteiger partial charge in [0.15, 0.2) is 0 Å². The van der Waals surface area contributed by atoms with Crippen LogP contribution in [0.5, 0.6) is 0 Å². The Morgan fingerprint density at radius 1 is 1.08 bits per heavy atom. The van der Waals surface area contributed by atoms with Gasteiger partial charge in [0.2, 0.25) is 0 Å². The molecule has 1 amide bonds. The van der Waals surface area contributed by atoms with E-state index in [0.717, 1.165) is 11.1 Å². The Morgan fingerprint density at radius 3 is 2.36 bits per heavy atom. The maximum absolute atomic E-state index is 11.9. The van der Waals surface area contributed by atoms with Crippen molar-refractivity contribution in [3.05, 3.63) is 71.3 Å². The van der Waals surface area contributed by atoms with Crippen molar-refractivity contribution in [3.63, 3.8) is 0 Å². The Bertz CT molecular complexity index is 751. The Morgan fingerprint density at radius 2 is 1.76 bits per heavy atom. The first-order valence-electron chi connectivity index (χ1n) is 7.75. The van der Waals surface area contributed by atoms with Crippen LogP contribution in [0.4, 0.5) is 4.79 Å². The van der Waals surface area contributed by atoms with E-state index in [2.05, 4.69) is 5.32 Å². The number of hydrogen-bond donors (Lipinski definition) is 2. The summed E-state index contributed by atoms with van der Waals surface area (Å²) in [5.41, 5.74) is 2.20. The number of ether oxygens (including phenoxy) is 1. The van der Waals surface area contributed by atoms with Crippen LogP contribution in [0.2, 0.25) is 0 Å². The Kier molecular flexibility index (Phi) is 6.55. The molecule has 128 valence electrons. The van der Waals surface area contributed by atoms with E-state index in [1.807, 2.05) is 36.4 Å². The second-order valence-electron chi connectivity index (χ2n) is 5.51. The molecule has 1 atom stereocenters. The van der Waals surface area contributed by atoms with Gasteiger partial charge >= 0.3 is 12.1 Å². The number of carboxylic acids is 1. The van der Waals surface area contributed by atoms with Crippen molar-refractivity contribution in [2.75, 3.05) is 0 Å². The second-order valence-corrected chi connectivity index (χ2v) is 5.51. The van der Waals surface area contributed by atoms with E-state index in [1.165, 1.54) is 0 Å². The van der Waals surface area contributed by atoms with Crippen molar-refractivity contribution in [2.24, 2.45) is 0 Å². The lowest BCUT2D eigenvalue weighted by molar-refractivity contribution is -0.137. The van der Waals surface area contributed by atoms with Gasteiger partial charge in [-0.2, -0.15) is 5.26 Å². The van der Waals surface area contributed by atoms with E-state index >= 15 is 0 Å². The van der Waals surface area contributed by atoms with Gasteiger partial charge in [0.1, 0.15) is 6.61 Å². The zero-order valence-electron chi connectivity index (χ0n) is 13.5. The molecule has 0 spiro atoms. The van der Waals surface area contributed by atoms with Gasteiger partial charge in [0, 0.05) is 6.04 Å². The van der Waals surface area contributed by atoms with E-state index in [0.29, 0.717) is 12.0 Å². The van der Waals surface area contributed by atoms with Crippen LogP contribution in [-0.4, -0.2) is 23.2 Å². The Labute approximate surface area is 145 Å². The Balaban J connectivity index is 1.93. The summed E-state index contributed by atoms with van der Waals surface area (Å²) in [6.07, 6.45) is -0.553. The molecule has 0 aliphatic heterocycles. The van der Waals surface area contributed by atoms with Crippen LogP contribution in [0.3, 0.4) is 0 Å². The average molecular weight is 338 g/mol. The molecule has 0 aliphatic carbocycles. The number of amides is 1. The first kappa shape index (κ1) is 18.0. The highest BCUT2D eigenvalue weighted by atomic mass is 16.5. The fraction of sp³-hybridized carbons (Fsp3) is 0.211. The monoisotopic (exact) mass is 338 g/mol. The standard InChI is InChI=1S/C19H18N2O4/c20-12-15-8-6-14(7-9-15)10-17(11-18(22)23)21-19(24)25-13-16-4-2-1-3-5-16/h1-9,17H,10-11,13H2,(H,21,24)(H,22,23)/t17-/m0/s1. The molecule has 0 aliphatic rings. The molecule has 0 aromatic heterocycles. The lowest BCUT2D eigenvalue weighted by Gasteiger charge is -2.17. The Hall–Kier alpha value is -3.33. The van der Waals surface area contributed by atoms with Crippen LogP contribution < -0.4 is 5.32 Å². The molecule has 0 saturated heterocycles. The van der Waals surface area contributed by atoms with Crippen LogP contribution in [0.25, 0.3) is 0 Å². The molecule has 0 radical (unpaired) electrons. The molecular formula is C19H18N2O4. The number of nitrogens with one attached hydrogen (secondary N) is 1. The zero-order valence-corrected chi connectivity index (χ0v) is 13.5. The first-order valence-corrected chi connectivity index (χ1v) is 7.75. The molecule has 0 saturated carbocycles. The lowest BCUT2D eigenvalue weighted by atomic mass is 10.0. The van der Waals surface area contributed by atoms with Crippen molar-refractivity contribution < 1.29 is 19.4 Å². The van der Waals surface area contributed by atoms with E-state index in [4.69, 9.17) is 15.1 Å². The fourth-order valence-corrected chi connectivity index (χ4v) is 2.32. The van der Waals surface area contributed by atoms with E-state index in [9.17, 15) is 9.59 Å². The smallest absolute Gasteiger partial charge is 0.407 e. The number of aliphatic carboxylic acids is 1. The number of carboxylic acid groups (broad SMARTS) is 1. The summed E-state index contributed by atoms with van der Waals surface area (Å²) in [4.78, 5) is 23.0. The minimum atomic E-state index is -1.01. The predicted octanol–water partition coefficient (Wildman–Crippen LogP) is 2.87. The molecule has 2 aromatic rings. The van der Waals surface area contributed by atoms with E-state index < -0.39 is 18.1 Å². The molecule has 0 bridgehead atoms. The highest BCUT2D eigenvalue weighted by molar-refractivity contribution is 5.71. The summed E-state index contributed by atoms with van der Waals surface area (Å²) < 4.78 is 5.13. The molecular weight excluding hydrogens is 320 g/mol. The number of carbonyl (C=O) groups excluding carboxylic acids is 1. The number of alkyl carbamates (subject to hydrolysis) is 1. The van der Waals surface area contributed by atoms with Gasteiger partial charge in [-0.05, 0) is 29.7 Å². The van der Waals surface area contributed by atoms with Gasteiger partial charge in [0.25, 0.3) is 0 Å². The van der Waals surface area contributed by atoms with Crippen LogP contribution >= 0.6 is 0 Å². The molecule has 0 fully saturated rings. The number of benzene rings is 2. The van der Waals surface area contributed by atoms with Gasteiger partial charge in [0.05, 0.1) is 18.1 Å². The number of rotatable bonds is 7. The molecule has 0 heterocycles. The predicted molar refractivity (Wildman–Crippen MR) is 90.7 cm³/mol. The highest BCUT2D eigenvalue weighted by Crippen LogP contribution is 2.09. The number of nitriles is 1. The summed E-state index contributed by atoms with van der Waals surface area (Å²) in [5.74, 6) is -1.01. The molecule has 2 N–H and O–H groups in total. The minimum Gasteiger partial charge on any atom is -0.481 e. The van der Waals surface area contributed by atoms with Gasteiger partial charge in [-0.3, -0.25) is 4.79 Å². The molecule has 2 rings (SSSR count). The van der Waals surface area contributed by atoms with Crippen LogP contribution in [0, 0.1) is 11.3 Å². The summed E-state index contributed by atoms with van der Waals surface area (Å²) in [5, 5.41) is 20.4. The van der Waals surface area contributed by atoms with Crippen molar-refractivity contribution in [2.45, 2.75) is 25.5 Å². The first-order chi connectivity index (χ1) is 12.1. The average Bonchev–Trinajstić information content (AvgIpc) is 2.61. The largest absolute Gasteiger partial charge is 0.481 e. The van der Waals surface area contributed by atoms with Crippen molar-refractivity contribution in [1.82, 2.24) is 5.32 Å². The summed E-state index contributed by atoms with van der Waals surface area (Å²) >= 11 is 0. The van der Waals surface area contributed by atoms with Crippen LogP contribution in [-0.2, 0) is 22.6 Å². The third-order valence-corrected chi connectivity index (χ3v) is 3.52. The summed E-state index contributed by atoms with van der Waals surface area (Å²) in [6, 6.07) is 17.4. The van der Waals surface area contributed by atoms with Gasteiger partial charge < -0.3 is 15.2 Å². The lowest BCUT2D eigenvalue weighted by Crippen LogP contribution is -2.38. The zero-order chi connectivity index (χ0) is 18.1. The molecule has 6 nitrogen and oxygen atoms in total.